The number of halogens is 2. The van der Waals surface area contributed by atoms with E-state index in [1.165, 1.54) is 25.1 Å². The lowest BCUT2D eigenvalue weighted by Gasteiger charge is -2.15. The van der Waals surface area contributed by atoms with Gasteiger partial charge in [0.25, 0.3) is 5.91 Å². The Balaban J connectivity index is 2.04. The molecule has 0 fully saturated rings. The number of rotatable bonds is 4. The number of carbonyl (C=O) groups is 2. The Morgan fingerprint density at radius 1 is 1.08 bits per heavy atom. The summed E-state index contributed by atoms with van der Waals surface area (Å²) in [5.74, 6) is -1.10. The number of benzene rings is 2. The normalized spacial score (nSPS) is 11.7. The van der Waals surface area contributed by atoms with Crippen molar-refractivity contribution in [3.63, 3.8) is 0 Å². The summed E-state index contributed by atoms with van der Waals surface area (Å²) in [5.41, 5.74) is 2.87. The summed E-state index contributed by atoms with van der Waals surface area (Å²) in [4.78, 5) is 24.3. The number of hydrogen-bond acceptors (Lipinski definition) is 3. The van der Waals surface area contributed by atoms with Gasteiger partial charge in [0.15, 0.2) is 6.10 Å². The fourth-order valence-corrected chi connectivity index (χ4v) is 2.61. The van der Waals surface area contributed by atoms with Crippen LogP contribution in [0, 0.1) is 13.8 Å². The highest BCUT2D eigenvalue weighted by Crippen LogP contribution is 2.22. The van der Waals surface area contributed by atoms with Crippen molar-refractivity contribution < 1.29 is 14.3 Å². The SMILES string of the molecule is Cc1ccc(NC(=O)[C@@H](C)OC(=O)c2ccc(Cl)cc2Cl)c(C)c1. The summed E-state index contributed by atoms with van der Waals surface area (Å²) >= 11 is 11.8. The molecule has 0 saturated heterocycles. The van der Waals surface area contributed by atoms with Crippen LogP contribution >= 0.6 is 23.2 Å². The molecular weight excluding hydrogens is 349 g/mol. The maximum Gasteiger partial charge on any atom is 0.340 e. The van der Waals surface area contributed by atoms with Crippen molar-refractivity contribution in [2.24, 2.45) is 0 Å². The molecular formula is C18H17Cl2NO3. The van der Waals surface area contributed by atoms with Crippen LogP contribution in [0.3, 0.4) is 0 Å². The molecule has 0 saturated carbocycles. The third kappa shape index (κ3) is 4.49. The minimum atomic E-state index is -0.968. The topological polar surface area (TPSA) is 55.4 Å². The third-order valence-corrected chi connectivity index (χ3v) is 3.99. The molecule has 4 nitrogen and oxygen atoms in total. The van der Waals surface area contributed by atoms with Gasteiger partial charge in [-0.3, -0.25) is 4.79 Å². The number of esters is 1. The molecule has 24 heavy (non-hydrogen) atoms. The lowest BCUT2D eigenvalue weighted by molar-refractivity contribution is -0.123. The third-order valence-electron chi connectivity index (χ3n) is 3.44. The molecule has 126 valence electrons. The number of aryl methyl sites for hydroxylation is 2. The van der Waals surface area contributed by atoms with E-state index in [1.54, 1.807) is 0 Å². The molecule has 2 rings (SSSR count). The van der Waals surface area contributed by atoms with E-state index in [0.717, 1.165) is 11.1 Å². The van der Waals surface area contributed by atoms with Crippen LogP contribution in [-0.4, -0.2) is 18.0 Å². The summed E-state index contributed by atoms with van der Waals surface area (Å²) in [6.45, 7) is 5.37. The molecule has 0 radical (unpaired) electrons. The maximum absolute atomic E-state index is 12.2. The Kier molecular flexibility index (Phi) is 5.86. The first kappa shape index (κ1) is 18.3. The largest absolute Gasteiger partial charge is 0.449 e. The van der Waals surface area contributed by atoms with E-state index < -0.39 is 18.0 Å². The Hall–Kier alpha value is -2.04. The Morgan fingerprint density at radius 2 is 1.79 bits per heavy atom. The zero-order valence-corrected chi connectivity index (χ0v) is 15.0. The van der Waals surface area contributed by atoms with Crippen LogP contribution in [-0.2, 0) is 9.53 Å². The predicted octanol–water partition coefficient (Wildman–Crippen LogP) is 4.79. The summed E-state index contributed by atoms with van der Waals surface area (Å²) in [6, 6.07) is 10.1. The number of amides is 1. The van der Waals surface area contributed by atoms with Crippen LogP contribution in [0.1, 0.15) is 28.4 Å². The molecule has 1 N–H and O–H groups in total. The van der Waals surface area contributed by atoms with E-state index in [2.05, 4.69) is 5.32 Å². The molecule has 1 amide bonds. The van der Waals surface area contributed by atoms with E-state index in [-0.39, 0.29) is 10.6 Å². The van der Waals surface area contributed by atoms with Crippen molar-refractivity contribution >= 4 is 40.8 Å². The first-order valence-corrected chi connectivity index (χ1v) is 8.07. The van der Waals surface area contributed by atoms with Crippen molar-refractivity contribution in [2.45, 2.75) is 26.9 Å². The highest BCUT2D eigenvalue weighted by Gasteiger charge is 2.21. The van der Waals surface area contributed by atoms with Crippen LogP contribution in [0.2, 0.25) is 10.0 Å². The van der Waals surface area contributed by atoms with Crippen LogP contribution in [0.15, 0.2) is 36.4 Å². The molecule has 0 heterocycles. The summed E-state index contributed by atoms with van der Waals surface area (Å²) in [5, 5.41) is 3.34. The van der Waals surface area contributed by atoms with Gasteiger partial charge in [0.2, 0.25) is 0 Å². The van der Waals surface area contributed by atoms with Crippen molar-refractivity contribution in [1.82, 2.24) is 0 Å². The smallest absolute Gasteiger partial charge is 0.340 e. The zero-order valence-electron chi connectivity index (χ0n) is 13.5. The van der Waals surface area contributed by atoms with Gasteiger partial charge in [-0.25, -0.2) is 4.79 Å². The second-order valence-electron chi connectivity index (χ2n) is 5.48. The molecule has 0 aromatic heterocycles. The second-order valence-corrected chi connectivity index (χ2v) is 6.32. The zero-order chi connectivity index (χ0) is 17.9. The van der Waals surface area contributed by atoms with Crippen LogP contribution in [0.4, 0.5) is 5.69 Å². The lowest BCUT2D eigenvalue weighted by atomic mass is 10.1. The molecule has 0 aliphatic rings. The Labute approximate surface area is 150 Å². The van der Waals surface area contributed by atoms with Gasteiger partial charge in [-0.15, -0.1) is 0 Å². The number of carbonyl (C=O) groups excluding carboxylic acids is 2. The van der Waals surface area contributed by atoms with Gasteiger partial charge >= 0.3 is 5.97 Å². The number of hydrogen-bond donors (Lipinski definition) is 1. The van der Waals surface area contributed by atoms with Gasteiger partial charge in [-0.1, -0.05) is 40.9 Å². The number of ether oxygens (including phenoxy) is 1. The van der Waals surface area contributed by atoms with Crippen molar-refractivity contribution in [3.8, 4) is 0 Å². The molecule has 0 spiro atoms. The van der Waals surface area contributed by atoms with Crippen LogP contribution in [0.25, 0.3) is 0 Å². The second kappa shape index (κ2) is 7.69. The van der Waals surface area contributed by atoms with Gasteiger partial charge in [0, 0.05) is 10.7 Å². The molecule has 2 aromatic rings. The van der Waals surface area contributed by atoms with Crippen molar-refractivity contribution in [1.29, 1.82) is 0 Å². The van der Waals surface area contributed by atoms with Gasteiger partial charge in [-0.2, -0.15) is 0 Å². The van der Waals surface area contributed by atoms with Crippen molar-refractivity contribution in [3.05, 3.63) is 63.1 Å². The minimum Gasteiger partial charge on any atom is -0.449 e. The maximum atomic E-state index is 12.2. The molecule has 0 aliphatic heterocycles. The first-order chi connectivity index (χ1) is 11.3. The monoisotopic (exact) mass is 365 g/mol. The van der Waals surface area contributed by atoms with Crippen LogP contribution < -0.4 is 5.32 Å². The van der Waals surface area contributed by atoms with Gasteiger partial charge in [-0.05, 0) is 50.6 Å². The summed E-state index contributed by atoms with van der Waals surface area (Å²) in [6.07, 6.45) is -0.968. The quantitative estimate of drug-likeness (QED) is 0.792. The van der Waals surface area contributed by atoms with Gasteiger partial charge < -0.3 is 10.1 Å². The number of anilines is 1. The number of nitrogens with one attached hydrogen (secondary N) is 1. The molecule has 0 unspecified atom stereocenters. The Bertz CT molecular complexity index is 790. The lowest BCUT2D eigenvalue weighted by Crippen LogP contribution is -2.30. The van der Waals surface area contributed by atoms with E-state index in [1.807, 2.05) is 32.0 Å². The average molecular weight is 366 g/mol. The molecule has 2 aromatic carbocycles. The Morgan fingerprint density at radius 3 is 2.42 bits per heavy atom. The fraction of sp³-hybridized carbons (Fsp3) is 0.222. The van der Waals surface area contributed by atoms with E-state index in [4.69, 9.17) is 27.9 Å². The first-order valence-electron chi connectivity index (χ1n) is 7.32. The highest BCUT2D eigenvalue weighted by molar-refractivity contribution is 6.36. The fourth-order valence-electron chi connectivity index (χ4n) is 2.12. The van der Waals surface area contributed by atoms with E-state index >= 15 is 0 Å². The molecule has 0 aliphatic carbocycles. The average Bonchev–Trinajstić information content (AvgIpc) is 2.49. The summed E-state index contributed by atoms with van der Waals surface area (Å²) < 4.78 is 5.18. The van der Waals surface area contributed by atoms with Gasteiger partial charge in [0.05, 0.1) is 10.6 Å². The van der Waals surface area contributed by atoms with Crippen molar-refractivity contribution in [2.75, 3.05) is 5.32 Å². The summed E-state index contributed by atoms with van der Waals surface area (Å²) in [7, 11) is 0. The minimum absolute atomic E-state index is 0.159. The van der Waals surface area contributed by atoms with E-state index in [9.17, 15) is 9.59 Å². The standard InChI is InChI=1S/C18H17Cl2NO3/c1-10-4-7-16(11(2)8-10)21-17(22)12(3)24-18(23)14-6-5-13(19)9-15(14)20/h4-9,12H,1-3H3,(H,21,22)/t12-/m1/s1. The molecule has 1 atom stereocenters. The predicted molar refractivity (Wildman–Crippen MR) is 95.9 cm³/mol. The molecule has 6 heteroatoms. The van der Waals surface area contributed by atoms with Crippen LogP contribution in [0.5, 0.6) is 0 Å². The van der Waals surface area contributed by atoms with E-state index in [0.29, 0.717) is 10.7 Å². The van der Waals surface area contributed by atoms with Gasteiger partial charge in [0.1, 0.15) is 0 Å². The molecule has 0 bridgehead atoms. The highest BCUT2D eigenvalue weighted by atomic mass is 35.5.